The third-order valence-corrected chi connectivity index (χ3v) is 2.44. The minimum Gasteiger partial charge on any atom is -0.492 e. The third-order valence-electron chi connectivity index (χ3n) is 1.55. The van der Waals surface area contributed by atoms with Crippen molar-refractivity contribution in [2.75, 3.05) is 6.61 Å². The monoisotopic (exact) mass is 290 g/mol. The zero-order valence-corrected chi connectivity index (χ0v) is 9.58. The molecular weight excluding hydrogens is 279 g/mol. The van der Waals surface area contributed by atoms with Crippen LogP contribution in [0.2, 0.25) is 0 Å². The highest BCUT2D eigenvalue weighted by Crippen LogP contribution is 2.19. The Balaban J connectivity index is 2.45. The van der Waals surface area contributed by atoms with E-state index in [4.69, 9.17) is 4.74 Å². The first-order valence-electron chi connectivity index (χ1n) is 4.07. The van der Waals surface area contributed by atoms with E-state index in [9.17, 15) is 4.79 Å². The van der Waals surface area contributed by atoms with E-state index in [2.05, 4.69) is 22.6 Å². The van der Waals surface area contributed by atoms with Gasteiger partial charge in [-0.3, -0.25) is 4.79 Å². The Labute approximate surface area is 91.4 Å². The zero-order valence-electron chi connectivity index (χ0n) is 7.42. The van der Waals surface area contributed by atoms with Crippen LogP contribution in [-0.4, -0.2) is 12.4 Å². The van der Waals surface area contributed by atoms with Gasteiger partial charge in [0.1, 0.15) is 11.5 Å². The van der Waals surface area contributed by atoms with Crippen LogP contribution in [0.25, 0.3) is 0 Å². The van der Waals surface area contributed by atoms with Crippen molar-refractivity contribution in [3.05, 3.63) is 27.8 Å². The Bertz CT molecular complexity index is 297. The molecule has 13 heavy (non-hydrogen) atoms. The number of carbonyl (C=O) groups excluding carboxylic acids is 1. The molecule has 2 nitrogen and oxygen atoms in total. The highest BCUT2D eigenvalue weighted by atomic mass is 127. The van der Waals surface area contributed by atoms with Crippen molar-refractivity contribution >= 4 is 28.4 Å². The normalized spacial score (nSPS) is 9.69. The summed E-state index contributed by atoms with van der Waals surface area (Å²) in [5, 5.41) is 0. The maximum absolute atomic E-state index is 10.6. The SMILES string of the molecule is CC(=O)CCOc1ccccc1I. The molecule has 0 aliphatic heterocycles. The lowest BCUT2D eigenvalue weighted by Gasteiger charge is -2.05. The number of Topliss-reactive ketones (excluding diaryl/α,β-unsaturated/α-hetero) is 1. The molecule has 70 valence electrons. The second kappa shape index (κ2) is 5.21. The second-order valence-corrected chi connectivity index (χ2v) is 3.89. The molecule has 0 saturated carbocycles. The number of hydrogen-bond donors (Lipinski definition) is 0. The van der Waals surface area contributed by atoms with Crippen molar-refractivity contribution in [3.8, 4) is 5.75 Å². The predicted molar refractivity (Wildman–Crippen MR) is 60.0 cm³/mol. The second-order valence-electron chi connectivity index (χ2n) is 2.73. The van der Waals surface area contributed by atoms with E-state index in [-0.39, 0.29) is 5.78 Å². The number of halogens is 1. The number of rotatable bonds is 4. The predicted octanol–water partition coefficient (Wildman–Crippen LogP) is 2.65. The summed E-state index contributed by atoms with van der Waals surface area (Å²) in [6.45, 7) is 2.04. The molecule has 0 N–H and O–H groups in total. The van der Waals surface area contributed by atoms with Crippen LogP contribution in [0.5, 0.6) is 5.75 Å². The lowest BCUT2D eigenvalue weighted by Crippen LogP contribution is -2.03. The average Bonchev–Trinajstić information content (AvgIpc) is 2.08. The summed E-state index contributed by atoms with van der Waals surface area (Å²) in [7, 11) is 0. The summed E-state index contributed by atoms with van der Waals surface area (Å²) in [6, 6.07) is 7.76. The molecule has 0 aromatic heterocycles. The molecular formula is C10H11IO2. The van der Waals surface area contributed by atoms with Crippen LogP contribution in [0.15, 0.2) is 24.3 Å². The number of ether oxygens (including phenoxy) is 1. The number of benzene rings is 1. The molecule has 0 aliphatic carbocycles. The van der Waals surface area contributed by atoms with Gasteiger partial charge >= 0.3 is 0 Å². The molecule has 0 amide bonds. The van der Waals surface area contributed by atoms with Crippen LogP contribution in [0, 0.1) is 3.57 Å². The Morgan fingerprint density at radius 1 is 1.46 bits per heavy atom. The molecule has 0 aliphatic rings. The van der Waals surface area contributed by atoms with Crippen LogP contribution in [-0.2, 0) is 4.79 Å². The zero-order chi connectivity index (χ0) is 9.68. The highest BCUT2D eigenvalue weighted by molar-refractivity contribution is 14.1. The number of para-hydroxylation sites is 1. The minimum atomic E-state index is 0.158. The quantitative estimate of drug-likeness (QED) is 0.797. The Morgan fingerprint density at radius 2 is 2.15 bits per heavy atom. The molecule has 0 heterocycles. The lowest BCUT2D eigenvalue weighted by atomic mass is 10.3. The first-order chi connectivity index (χ1) is 6.20. The third kappa shape index (κ3) is 3.76. The van der Waals surface area contributed by atoms with Gasteiger partial charge in [0.05, 0.1) is 10.2 Å². The first-order valence-corrected chi connectivity index (χ1v) is 5.15. The van der Waals surface area contributed by atoms with Crippen LogP contribution < -0.4 is 4.74 Å². The standard InChI is InChI=1S/C10H11IO2/c1-8(12)6-7-13-10-5-3-2-4-9(10)11/h2-5H,6-7H2,1H3. The number of hydrogen-bond acceptors (Lipinski definition) is 2. The fraction of sp³-hybridized carbons (Fsp3) is 0.300. The summed E-state index contributed by atoms with van der Waals surface area (Å²) in [5.41, 5.74) is 0. The van der Waals surface area contributed by atoms with Gasteiger partial charge in [0.25, 0.3) is 0 Å². The van der Waals surface area contributed by atoms with Gasteiger partial charge in [0.15, 0.2) is 0 Å². The van der Waals surface area contributed by atoms with Crippen LogP contribution in [0.3, 0.4) is 0 Å². The van der Waals surface area contributed by atoms with E-state index in [1.54, 1.807) is 6.92 Å². The van der Waals surface area contributed by atoms with Gasteiger partial charge in [0.2, 0.25) is 0 Å². The van der Waals surface area contributed by atoms with Gasteiger partial charge in [-0.15, -0.1) is 0 Å². The Morgan fingerprint density at radius 3 is 2.77 bits per heavy atom. The molecule has 0 unspecified atom stereocenters. The number of carbonyl (C=O) groups is 1. The van der Waals surface area contributed by atoms with Gasteiger partial charge < -0.3 is 4.74 Å². The van der Waals surface area contributed by atoms with Gasteiger partial charge in [-0.1, -0.05) is 12.1 Å². The van der Waals surface area contributed by atoms with Gasteiger partial charge in [0, 0.05) is 6.42 Å². The molecule has 0 fully saturated rings. The molecule has 0 radical (unpaired) electrons. The van der Waals surface area contributed by atoms with Crippen molar-refractivity contribution < 1.29 is 9.53 Å². The fourth-order valence-corrected chi connectivity index (χ4v) is 1.41. The maximum atomic E-state index is 10.6. The van der Waals surface area contributed by atoms with Gasteiger partial charge in [-0.05, 0) is 41.6 Å². The van der Waals surface area contributed by atoms with E-state index in [0.29, 0.717) is 13.0 Å². The Hall–Kier alpha value is -0.580. The molecule has 1 aromatic rings. The Kier molecular flexibility index (Phi) is 4.21. The van der Waals surface area contributed by atoms with Crippen molar-refractivity contribution in [2.24, 2.45) is 0 Å². The molecule has 0 bridgehead atoms. The van der Waals surface area contributed by atoms with E-state index in [1.807, 2.05) is 24.3 Å². The van der Waals surface area contributed by atoms with Crippen LogP contribution in [0.1, 0.15) is 13.3 Å². The summed E-state index contributed by atoms with van der Waals surface area (Å²) in [5.74, 6) is 1.01. The van der Waals surface area contributed by atoms with Gasteiger partial charge in [-0.25, -0.2) is 0 Å². The van der Waals surface area contributed by atoms with Crippen LogP contribution >= 0.6 is 22.6 Å². The topological polar surface area (TPSA) is 26.3 Å². The molecule has 0 spiro atoms. The van der Waals surface area contributed by atoms with E-state index < -0.39 is 0 Å². The average molecular weight is 290 g/mol. The van der Waals surface area contributed by atoms with E-state index in [0.717, 1.165) is 9.32 Å². The molecule has 1 aromatic carbocycles. The minimum absolute atomic E-state index is 0.158. The summed E-state index contributed by atoms with van der Waals surface area (Å²) in [4.78, 5) is 10.6. The van der Waals surface area contributed by atoms with Crippen molar-refractivity contribution in [1.82, 2.24) is 0 Å². The molecule has 3 heteroatoms. The van der Waals surface area contributed by atoms with Crippen molar-refractivity contribution in [3.63, 3.8) is 0 Å². The highest BCUT2D eigenvalue weighted by Gasteiger charge is 1.99. The molecule has 0 atom stereocenters. The van der Waals surface area contributed by atoms with E-state index >= 15 is 0 Å². The fourth-order valence-electron chi connectivity index (χ4n) is 0.867. The number of ketones is 1. The first kappa shape index (κ1) is 10.5. The van der Waals surface area contributed by atoms with Gasteiger partial charge in [-0.2, -0.15) is 0 Å². The smallest absolute Gasteiger partial charge is 0.133 e. The molecule has 0 saturated heterocycles. The largest absolute Gasteiger partial charge is 0.492 e. The lowest BCUT2D eigenvalue weighted by molar-refractivity contribution is -0.117. The van der Waals surface area contributed by atoms with Crippen LogP contribution in [0.4, 0.5) is 0 Å². The summed E-state index contributed by atoms with van der Waals surface area (Å²) >= 11 is 2.21. The van der Waals surface area contributed by atoms with Crippen molar-refractivity contribution in [2.45, 2.75) is 13.3 Å². The van der Waals surface area contributed by atoms with Crippen molar-refractivity contribution in [1.29, 1.82) is 0 Å². The maximum Gasteiger partial charge on any atom is 0.133 e. The summed E-state index contributed by atoms with van der Waals surface area (Å²) in [6.07, 6.45) is 0.477. The summed E-state index contributed by atoms with van der Waals surface area (Å²) < 4.78 is 6.49. The molecule has 1 rings (SSSR count). The van der Waals surface area contributed by atoms with E-state index in [1.165, 1.54) is 0 Å².